The largest absolute Gasteiger partial charge is 0.462 e. The first-order valence-electron chi connectivity index (χ1n) is 9.52. The second kappa shape index (κ2) is 9.79. The lowest BCUT2D eigenvalue weighted by atomic mass is 10.1. The fraction of sp³-hybridized carbons (Fsp3) is 0.333. The topological polar surface area (TPSA) is 107 Å². The van der Waals surface area contributed by atoms with E-state index >= 15 is 0 Å². The van der Waals surface area contributed by atoms with Gasteiger partial charge >= 0.3 is 5.97 Å². The van der Waals surface area contributed by atoms with Crippen LogP contribution in [0.4, 0.5) is 5.69 Å². The summed E-state index contributed by atoms with van der Waals surface area (Å²) in [6.45, 7) is 3.08. The zero-order valence-electron chi connectivity index (χ0n) is 16.1. The summed E-state index contributed by atoms with van der Waals surface area (Å²) in [7, 11) is 0. The molecule has 0 spiro atoms. The van der Waals surface area contributed by atoms with Gasteiger partial charge in [-0.05, 0) is 44.0 Å². The Bertz CT molecular complexity index is 893. The van der Waals surface area contributed by atoms with E-state index in [2.05, 4.69) is 15.6 Å². The first kappa shape index (κ1) is 20.5. The van der Waals surface area contributed by atoms with Crippen molar-refractivity contribution in [2.75, 3.05) is 25.1 Å². The molecule has 152 valence electrons. The highest BCUT2D eigenvalue weighted by molar-refractivity contribution is 6.08. The molecule has 1 aromatic carbocycles. The molecule has 1 aromatic heterocycles. The van der Waals surface area contributed by atoms with E-state index in [0.717, 1.165) is 12.8 Å². The zero-order valence-corrected chi connectivity index (χ0v) is 16.1. The molecule has 8 nitrogen and oxygen atoms in total. The molecule has 1 unspecified atom stereocenters. The minimum Gasteiger partial charge on any atom is -0.462 e. The predicted octanol–water partition coefficient (Wildman–Crippen LogP) is 2.42. The van der Waals surface area contributed by atoms with Crippen LogP contribution in [-0.2, 0) is 9.47 Å². The Hall–Kier alpha value is -3.26. The Morgan fingerprint density at radius 3 is 2.79 bits per heavy atom. The lowest BCUT2D eigenvalue weighted by molar-refractivity contribution is 0.0527. The van der Waals surface area contributed by atoms with E-state index in [9.17, 15) is 14.4 Å². The third kappa shape index (κ3) is 5.39. The molecule has 0 aliphatic carbocycles. The van der Waals surface area contributed by atoms with Gasteiger partial charge in [0.15, 0.2) is 0 Å². The van der Waals surface area contributed by atoms with Crippen LogP contribution >= 0.6 is 0 Å². The number of esters is 1. The number of pyridine rings is 1. The fourth-order valence-corrected chi connectivity index (χ4v) is 2.98. The van der Waals surface area contributed by atoms with Gasteiger partial charge in [-0.2, -0.15) is 0 Å². The second-order valence-electron chi connectivity index (χ2n) is 6.49. The highest BCUT2D eigenvalue weighted by atomic mass is 16.5. The first-order valence-corrected chi connectivity index (χ1v) is 9.52. The van der Waals surface area contributed by atoms with Crippen LogP contribution < -0.4 is 10.6 Å². The zero-order chi connectivity index (χ0) is 20.6. The summed E-state index contributed by atoms with van der Waals surface area (Å²) >= 11 is 0. The van der Waals surface area contributed by atoms with E-state index in [0.29, 0.717) is 24.4 Å². The lowest BCUT2D eigenvalue weighted by Gasteiger charge is -2.12. The van der Waals surface area contributed by atoms with Crippen molar-refractivity contribution in [3.8, 4) is 0 Å². The van der Waals surface area contributed by atoms with Crippen molar-refractivity contribution < 1.29 is 23.9 Å². The van der Waals surface area contributed by atoms with Gasteiger partial charge < -0.3 is 20.1 Å². The SMILES string of the molecule is CCOC(=O)c1ccccc1NC(=O)c1cc(C(=O)NCC2CCCO2)ccn1. The maximum Gasteiger partial charge on any atom is 0.340 e. The van der Waals surface area contributed by atoms with Crippen LogP contribution in [0.5, 0.6) is 0 Å². The van der Waals surface area contributed by atoms with Crippen LogP contribution in [0.2, 0.25) is 0 Å². The molecule has 2 amide bonds. The number of carbonyl (C=O) groups is 3. The van der Waals surface area contributed by atoms with Crippen molar-refractivity contribution >= 4 is 23.5 Å². The number of anilines is 1. The third-order valence-electron chi connectivity index (χ3n) is 4.44. The number of para-hydroxylation sites is 1. The van der Waals surface area contributed by atoms with Crippen molar-refractivity contribution in [1.29, 1.82) is 0 Å². The van der Waals surface area contributed by atoms with Crippen LogP contribution in [0.25, 0.3) is 0 Å². The molecule has 8 heteroatoms. The Labute approximate surface area is 168 Å². The van der Waals surface area contributed by atoms with Crippen LogP contribution in [0.1, 0.15) is 51.0 Å². The molecule has 29 heavy (non-hydrogen) atoms. The Morgan fingerprint density at radius 1 is 1.21 bits per heavy atom. The average molecular weight is 397 g/mol. The summed E-state index contributed by atoms with van der Waals surface area (Å²) in [6, 6.07) is 9.49. The lowest BCUT2D eigenvalue weighted by Crippen LogP contribution is -2.32. The molecule has 3 rings (SSSR count). The molecule has 1 aliphatic rings. The van der Waals surface area contributed by atoms with Crippen molar-refractivity contribution in [3.63, 3.8) is 0 Å². The predicted molar refractivity (Wildman–Crippen MR) is 106 cm³/mol. The van der Waals surface area contributed by atoms with Crippen LogP contribution in [0.3, 0.4) is 0 Å². The summed E-state index contributed by atoms with van der Waals surface area (Å²) in [5, 5.41) is 5.47. The number of benzene rings is 1. The van der Waals surface area contributed by atoms with E-state index in [1.807, 2.05) is 0 Å². The first-order chi connectivity index (χ1) is 14.1. The van der Waals surface area contributed by atoms with Crippen molar-refractivity contribution in [2.45, 2.75) is 25.9 Å². The summed E-state index contributed by atoms with van der Waals surface area (Å²) in [5.74, 6) is -1.36. The van der Waals surface area contributed by atoms with Gasteiger partial charge in [-0.15, -0.1) is 0 Å². The number of nitrogens with zero attached hydrogens (tertiary/aromatic N) is 1. The summed E-state index contributed by atoms with van der Waals surface area (Å²) < 4.78 is 10.5. The normalized spacial score (nSPS) is 15.6. The Balaban J connectivity index is 1.68. The Kier molecular flexibility index (Phi) is 6.91. The van der Waals surface area contributed by atoms with E-state index in [4.69, 9.17) is 9.47 Å². The van der Waals surface area contributed by atoms with Gasteiger partial charge in [-0.1, -0.05) is 12.1 Å². The van der Waals surface area contributed by atoms with Gasteiger partial charge in [0.2, 0.25) is 0 Å². The number of amides is 2. The molecular formula is C21H23N3O5. The van der Waals surface area contributed by atoms with Gasteiger partial charge in [0.1, 0.15) is 5.69 Å². The van der Waals surface area contributed by atoms with E-state index < -0.39 is 11.9 Å². The quantitative estimate of drug-likeness (QED) is 0.695. The molecule has 1 fully saturated rings. The van der Waals surface area contributed by atoms with Crippen molar-refractivity contribution in [3.05, 3.63) is 59.4 Å². The summed E-state index contributed by atoms with van der Waals surface area (Å²) in [5.41, 5.74) is 0.939. The van der Waals surface area contributed by atoms with Crippen LogP contribution in [0.15, 0.2) is 42.6 Å². The van der Waals surface area contributed by atoms with Gasteiger partial charge in [0.05, 0.1) is 24.0 Å². The number of ether oxygens (including phenoxy) is 2. The number of carbonyl (C=O) groups excluding carboxylic acids is 3. The molecule has 2 N–H and O–H groups in total. The maximum atomic E-state index is 12.6. The maximum absolute atomic E-state index is 12.6. The number of nitrogens with one attached hydrogen (secondary N) is 2. The van der Waals surface area contributed by atoms with E-state index in [-0.39, 0.29) is 29.9 Å². The number of rotatable bonds is 7. The molecule has 0 radical (unpaired) electrons. The smallest absolute Gasteiger partial charge is 0.340 e. The monoisotopic (exact) mass is 397 g/mol. The summed E-state index contributed by atoms with van der Waals surface area (Å²) in [4.78, 5) is 41.1. The van der Waals surface area contributed by atoms with Gasteiger partial charge in [-0.3, -0.25) is 14.6 Å². The standard InChI is InChI=1S/C21H23N3O5/c1-2-28-21(27)16-7-3-4-8-17(16)24-20(26)18-12-14(9-10-22-18)19(25)23-13-15-6-5-11-29-15/h3-4,7-10,12,15H,2,5-6,11,13H2,1H3,(H,23,25)(H,24,26). The van der Waals surface area contributed by atoms with Crippen LogP contribution in [0, 0.1) is 0 Å². The molecule has 2 aromatic rings. The van der Waals surface area contributed by atoms with E-state index in [1.165, 1.54) is 18.3 Å². The molecule has 1 atom stereocenters. The number of hydrogen-bond acceptors (Lipinski definition) is 6. The Morgan fingerprint density at radius 2 is 2.03 bits per heavy atom. The highest BCUT2D eigenvalue weighted by Gasteiger charge is 2.19. The molecule has 0 saturated carbocycles. The fourth-order valence-electron chi connectivity index (χ4n) is 2.98. The molecule has 0 bridgehead atoms. The average Bonchev–Trinajstić information content (AvgIpc) is 3.26. The molecular weight excluding hydrogens is 374 g/mol. The van der Waals surface area contributed by atoms with Gasteiger partial charge in [0.25, 0.3) is 11.8 Å². The van der Waals surface area contributed by atoms with Gasteiger partial charge in [-0.25, -0.2) is 4.79 Å². The third-order valence-corrected chi connectivity index (χ3v) is 4.44. The number of hydrogen-bond donors (Lipinski definition) is 2. The molecule has 1 aliphatic heterocycles. The minimum absolute atomic E-state index is 0.0305. The second-order valence-corrected chi connectivity index (χ2v) is 6.49. The number of aromatic nitrogens is 1. The minimum atomic E-state index is -0.532. The van der Waals surface area contributed by atoms with Gasteiger partial charge in [0, 0.05) is 24.9 Å². The van der Waals surface area contributed by atoms with Crippen molar-refractivity contribution in [1.82, 2.24) is 10.3 Å². The van der Waals surface area contributed by atoms with E-state index in [1.54, 1.807) is 31.2 Å². The highest BCUT2D eigenvalue weighted by Crippen LogP contribution is 2.17. The van der Waals surface area contributed by atoms with Crippen LogP contribution in [-0.4, -0.2) is 48.6 Å². The molecule has 2 heterocycles. The summed E-state index contributed by atoms with van der Waals surface area (Å²) in [6.07, 6.45) is 3.34. The van der Waals surface area contributed by atoms with Crippen molar-refractivity contribution in [2.24, 2.45) is 0 Å². The molecule has 1 saturated heterocycles.